The van der Waals surface area contributed by atoms with Crippen molar-refractivity contribution in [2.45, 2.75) is 116 Å². The van der Waals surface area contributed by atoms with Gasteiger partial charge in [-0.1, -0.05) is 58.8 Å². The molecule has 0 aromatic heterocycles. The number of aliphatic carboxylic acids is 2. The highest BCUT2D eigenvalue weighted by Gasteiger charge is 2.38. The maximum absolute atomic E-state index is 13.6. The highest BCUT2D eigenvalue weighted by atomic mass is 16.4. The Morgan fingerprint density at radius 2 is 1.27 bits per heavy atom. The first-order valence-corrected chi connectivity index (χ1v) is 15.1. The third-order valence-electron chi connectivity index (χ3n) is 8.05. The summed E-state index contributed by atoms with van der Waals surface area (Å²) in [5.74, 6) is -6.18. The van der Waals surface area contributed by atoms with Gasteiger partial charge in [-0.3, -0.25) is 28.8 Å². The summed E-state index contributed by atoms with van der Waals surface area (Å²) in [6, 6.07) is -3.44. The van der Waals surface area contributed by atoms with Gasteiger partial charge in [0.1, 0.15) is 18.1 Å². The second kappa shape index (κ2) is 16.9. The summed E-state index contributed by atoms with van der Waals surface area (Å²) in [6.07, 6.45) is 6.97. The number of hydrogen-bond acceptors (Lipinski definition) is 6. The van der Waals surface area contributed by atoms with Crippen molar-refractivity contribution in [2.75, 3.05) is 6.54 Å². The van der Waals surface area contributed by atoms with E-state index < -0.39 is 71.9 Å². The summed E-state index contributed by atoms with van der Waals surface area (Å²) in [5.41, 5.74) is 0. The SMILES string of the molecule is CCNC(=O)[C@H](CC(C)C)NC(=O)[C@H](CC(=O)O)NC(=O)[C@H](CC1CCCCC1)NC(=O)[C@H]1CCCC[C@H]1C(=O)O. The fourth-order valence-electron chi connectivity index (χ4n) is 5.94. The Kier molecular flexibility index (Phi) is 14.1. The predicted molar refractivity (Wildman–Crippen MR) is 150 cm³/mol. The van der Waals surface area contributed by atoms with Crippen LogP contribution in [0.2, 0.25) is 0 Å². The molecule has 0 bridgehead atoms. The van der Waals surface area contributed by atoms with Crippen molar-refractivity contribution in [2.24, 2.45) is 23.7 Å². The van der Waals surface area contributed by atoms with Crippen LogP contribution >= 0.6 is 0 Å². The highest BCUT2D eigenvalue weighted by Crippen LogP contribution is 2.31. The Morgan fingerprint density at radius 1 is 0.707 bits per heavy atom. The van der Waals surface area contributed by atoms with E-state index in [1.54, 1.807) is 6.92 Å². The van der Waals surface area contributed by atoms with E-state index in [4.69, 9.17) is 0 Å². The fourth-order valence-corrected chi connectivity index (χ4v) is 5.94. The van der Waals surface area contributed by atoms with E-state index in [1.165, 1.54) is 0 Å². The first-order chi connectivity index (χ1) is 19.4. The molecule has 2 saturated carbocycles. The molecule has 6 N–H and O–H groups in total. The summed E-state index contributed by atoms with van der Waals surface area (Å²) in [7, 11) is 0. The van der Waals surface area contributed by atoms with E-state index in [0.29, 0.717) is 45.1 Å². The van der Waals surface area contributed by atoms with Crippen LogP contribution in [0.15, 0.2) is 0 Å². The minimum atomic E-state index is -1.48. The highest BCUT2D eigenvalue weighted by molar-refractivity contribution is 5.96. The molecule has 2 fully saturated rings. The molecule has 12 heteroatoms. The van der Waals surface area contributed by atoms with Crippen molar-refractivity contribution in [3.05, 3.63) is 0 Å². The Bertz CT molecular complexity index is 934. The van der Waals surface area contributed by atoms with Gasteiger partial charge < -0.3 is 31.5 Å². The van der Waals surface area contributed by atoms with E-state index in [9.17, 15) is 39.0 Å². The van der Waals surface area contributed by atoms with Gasteiger partial charge in [0.25, 0.3) is 0 Å². The standard InChI is InChI=1S/C29H48N4O8/c1-4-30-26(37)21(14-17(2)3)32-28(39)23(16-24(34)35)33-27(38)22(15-18-10-6-5-7-11-18)31-25(36)19-12-8-9-13-20(19)29(40)41/h17-23H,4-16H2,1-3H3,(H,30,37)(H,31,36)(H,32,39)(H,33,38)(H,34,35)(H,40,41)/t19-,20+,21-,22-,23-/m0/s1. The molecule has 0 heterocycles. The molecular formula is C29H48N4O8. The van der Waals surface area contributed by atoms with Crippen LogP contribution in [0.5, 0.6) is 0 Å². The molecule has 0 radical (unpaired) electrons. The molecule has 0 spiro atoms. The largest absolute Gasteiger partial charge is 0.481 e. The number of hydrogen-bond donors (Lipinski definition) is 6. The molecule has 0 unspecified atom stereocenters. The van der Waals surface area contributed by atoms with Crippen molar-refractivity contribution >= 4 is 35.6 Å². The van der Waals surface area contributed by atoms with Gasteiger partial charge in [0.15, 0.2) is 0 Å². The molecule has 0 aromatic carbocycles. The number of carboxylic acid groups (broad SMARTS) is 2. The summed E-state index contributed by atoms with van der Waals surface area (Å²) in [6.45, 7) is 5.86. The van der Waals surface area contributed by atoms with Crippen LogP contribution in [0.4, 0.5) is 0 Å². The minimum Gasteiger partial charge on any atom is -0.481 e. The Balaban J connectivity index is 2.23. The second-order valence-corrected chi connectivity index (χ2v) is 11.9. The lowest BCUT2D eigenvalue weighted by Crippen LogP contribution is -2.58. The molecule has 232 valence electrons. The Hall–Kier alpha value is -3.18. The number of carbonyl (C=O) groups excluding carboxylic acids is 4. The summed E-state index contributed by atoms with van der Waals surface area (Å²) >= 11 is 0. The average Bonchev–Trinajstić information content (AvgIpc) is 2.92. The molecule has 12 nitrogen and oxygen atoms in total. The van der Waals surface area contributed by atoms with Crippen LogP contribution < -0.4 is 21.3 Å². The van der Waals surface area contributed by atoms with Crippen molar-refractivity contribution in [1.82, 2.24) is 21.3 Å². The molecule has 4 amide bonds. The number of carboxylic acids is 2. The van der Waals surface area contributed by atoms with Gasteiger partial charge in [0.05, 0.1) is 18.3 Å². The van der Waals surface area contributed by atoms with Gasteiger partial charge in [-0.25, -0.2) is 0 Å². The lowest BCUT2D eigenvalue weighted by Gasteiger charge is -2.31. The van der Waals surface area contributed by atoms with E-state index in [2.05, 4.69) is 21.3 Å². The van der Waals surface area contributed by atoms with Crippen LogP contribution in [-0.4, -0.2) is 70.5 Å². The summed E-state index contributed by atoms with van der Waals surface area (Å²) in [4.78, 5) is 76.0. The Labute approximate surface area is 242 Å². The lowest BCUT2D eigenvalue weighted by atomic mass is 9.78. The Morgan fingerprint density at radius 3 is 1.83 bits per heavy atom. The molecule has 5 atom stereocenters. The van der Waals surface area contributed by atoms with Gasteiger partial charge in [0, 0.05) is 6.54 Å². The van der Waals surface area contributed by atoms with Crippen molar-refractivity contribution in [1.29, 1.82) is 0 Å². The summed E-state index contributed by atoms with van der Waals surface area (Å²) < 4.78 is 0. The quantitative estimate of drug-likeness (QED) is 0.169. The topological polar surface area (TPSA) is 191 Å². The zero-order valence-corrected chi connectivity index (χ0v) is 24.6. The van der Waals surface area contributed by atoms with E-state index in [0.717, 1.165) is 32.1 Å². The number of nitrogens with one attached hydrogen (secondary N) is 4. The molecule has 2 rings (SSSR count). The van der Waals surface area contributed by atoms with Crippen LogP contribution in [-0.2, 0) is 28.8 Å². The average molecular weight is 581 g/mol. The lowest BCUT2D eigenvalue weighted by molar-refractivity contribution is -0.149. The van der Waals surface area contributed by atoms with E-state index in [-0.39, 0.29) is 11.8 Å². The molecule has 0 aromatic rings. The van der Waals surface area contributed by atoms with Crippen LogP contribution in [0.3, 0.4) is 0 Å². The molecule has 41 heavy (non-hydrogen) atoms. The summed E-state index contributed by atoms with van der Waals surface area (Å²) in [5, 5.41) is 29.6. The third kappa shape index (κ3) is 11.3. The number of rotatable bonds is 15. The number of carbonyl (C=O) groups is 6. The zero-order chi connectivity index (χ0) is 30.5. The van der Waals surface area contributed by atoms with Crippen molar-refractivity contribution < 1.29 is 39.0 Å². The minimum absolute atomic E-state index is 0.0555. The molecule has 0 aliphatic heterocycles. The van der Waals surface area contributed by atoms with Crippen LogP contribution in [0, 0.1) is 23.7 Å². The van der Waals surface area contributed by atoms with Gasteiger partial charge in [-0.15, -0.1) is 0 Å². The molecule has 2 aliphatic carbocycles. The van der Waals surface area contributed by atoms with Crippen molar-refractivity contribution in [3.63, 3.8) is 0 Å². The maximum atomic E-state index is 13.6. The number of amides is 4. The van der Waals surface area contributed by atoms with Gasteiger partial charge >= 0.3 is 11.9 Å². The first-order valence-electron chi connectivity index (χ1n) is 15.1. The zero-order valence-electron chi connectivity index (χ0n) is 24.6. The van der Waals surface area contributed by atoms with Gasteiger partial charge in [-0.2, -0.15) is 0 Å². The monoisotopic (exact) mass is 580 g/mol. The van der Waals surface area contributed by atoms with Gasteiger partial charge in [0.2, 0.25) is 23.6 Å². The maximum Gasteiger partial charge on any atom is 0.307 e. The van der Waals surface area contributed by atoms with E-state index in [1.807, 2.05) is 13.8 Å². The normalized spacial score (nSPS) is 21.7. The van der Waals surface area contributed by atoms with Crippen LogP contribution in [0.1, 0.15) is 97.8 Å². The second-order valence-electron chi connectivity index (χ2n) is 11.9. The molecule has 0 saturated heterocycles. The van der Waals surface area contributed by atoms with Gasteiger partial charge in [-0.05, 0) is 44.4 Å². The predicted octanol–water partition coefficient (Wildman–Crippen LogP) is 1.96. The third-order valence-corrected chi connectivity index (χ3v) is 8.05. The fraction of sp³-hybridized carbons (Fsp3) is 0.793. The molecular weight excluding hydrogens is 532 g/mol. The van der Waals surface area contributed by atoms with Crippen LogP contribution in [0.25, 0.3) is 0 Å². The number of likely N-dealkylation sites (N-methyl/N-ethyl adjacent to an activating group) is 1. The molecule has 2 aliphatic rings. The first kappa shape index (κ1) is 34.0. The smallest absolute Gasteiger partial charge is 0.307 e. The van der Waals surface area contributed by atoms with E-state index >= 15 is 0 Å². The van der Waals surface area contributed by atoms with Crippen molar-refractivity contribution in [3.8, 4) is 0 Å².